The smallest absolute Gasteiger partial charge is 0.330 e. The molecule has 0 aromatic heterocycles. The van der Waals surface area contributed by atoms with Crippen molar-refractivity contribution >= 4 is 38.1 Å². The Bertz CT molecular complexity index is 787. The van der Waals surface area contributed by atoms with E-state index >= 15 is 0 Å². The number of nitro benzene ring substituents is 1. The van der Waals surface area contributed by atoms with Crippen LogP contribution in [-0.2, 0) is 9.84 Å². The third-order valence-corrected chi connectivity index (χ3v) is 4.43. The first-order valence-electron chi connectivity index (χ1n) is 5.70. The Labute approximate surface area is 135 Å². The van der Waals surface area contributed by atoms with E-state index in [0.29, 0.717) is 5.75 Å². The van der Waals surface area contributed by atoms with Gasteiger partial charge in [0, 0.05) is 9.83 Å². The summed E-state index contributed by atoms with van der Waals surface area (Å²) in [5, 5.41) is 11.2. The van der Waals surface area contributed by atoms with Crippen LogP contribution in [0.25, 0.3) is 0 Å². The molecule has 0 aliphatic heterocycles. The van der Waals surface area contributed by atoms with E-state index in [1.807, 2.05) is 0 Å². The molecule has 2 rings (SSSR count). The number of hydrogen-bond donors (Lipinski definition) is 0. The van der Waals surface area contributed by atoms with E-state index in [0.717, 1.165) is 9.83 Å². The summed E-state index contributed by atoms with van der Waals surface area (Å²) in [6, 6.07) is 10.8. The molecule has 0 saturated heterocycles. The molecule has 0 radical (unpaired) electrons. The van der Waals surface area contributed by atoms with Crippen molar-refractivity contribution in [1.82, 2.24) is 0 Å². The van der Waals surface area contributed by atoms with Crippen LogP contribution >= 0.6 is 22.6 Å². The van der Waals surface area contributed by atoms with Gasteiger partial charge in [-0.25, -0.2) is 8.42 Å². The van der Waals surface area contributed by atoms with Crippen molar-refractivity contribution in [3.63, 3.8) is 0 Å². The van der Waals surface area contributed by atoms with Crippen LogP contribution in [0.2, 0.25) is 0 Å². The lowest BCUT2D eigenvalue weighted by atomic mass is 10.3. The summed E-state index contributed by atoms with van der Waals surface area (Å²) in [5.41, 5.74) is -0.557. The van der Waals surface area contributed by atoms with Gasteiger partial charge in [-0.2, -0.15) is 0 Å². The highest BCUT2D eigenvalue weighted by Gasteiger charge is 2.27. The van der Waals surface area contributed by atoms with Gasteiger partial charge >= 0.3 is 5.69 Å². The van der Waals surface area contributed by atoms with Crippen LogP contribution < -0.4 is 4.74 Å². The zero-order chi connectivity index (χ0) is 15.6. The first-order valence-corrected chi connectivity index (χ1v) is 8.67. The normalized spacial score (nSPS) is 11.1. The average molecular weight is 419 g/mol. The maximum Gasteiger partial charge on any atom is 0.330 e. The Morgan fingerprint density at radius 2 is 1.76 bits per heavy atom. The van der Waals surface area contributed by atoms with Crippen LogP contribution in [0, 0.1) is 13.7 Å². The minimum absolute atomic E-state index is 0.107. The average Bonchev–Trinajstić information content (AvgIpc) is 2.40. The molecule has 6 nitrogen and oxygen atoms in total. The van der Waals surface area contributed by atoms with E-state index in [4.69, 9.17) is 4.74 Å². The molecule has 0 saturated carbocycles. The third kappa shape index (κ3) is 3.70. The molecule has 0 amide bonds. The lowest BCUT2D eigenvalue weighted by molar-refractivity contribution is -0.388. The SMILES string of the molecule is CS(=O)(=O)c1cccc(Oc2ccc(I)cc2)c1[N+](=O)[O-]. The van der Waals surface area contributed by atoms with Crippen molar-refractivity contribution in [2.24, 2.45) is 0 Å². The fraction of sp³-hybridized carbons (Fsp3) is 0.0769. The van der Waals surface area contributed by atoms with Gasteiger partial charge in [-0.15, -0.1) is 0 Å². The van der Waals surface area contributed by atoms with Gasteiger partial charge in [-0.3, -0.25) is 10.1 Å². The standard InChI is InChI=1S/C13H10INO5S/c1-21(18,19)12-4-2-3-11(13(12)15(16)17)20-10-7-5-9(14)6-8-10/h2-8H,1H3. The van der Waals surface area contributed by atoms with E-state index in [-0.39, 0.29) is 10.6 Å². The highest BCUT2D eigenvalue weighted by atomic mass is 127. The third-order valence-electron chi connectivity index (χ3n) is 2.59. The number of rotatable bonds is 4. The molecule has 0 bridgehead atoms. The van der Waals surface area contributed by atoms with Crippen LogP contribution in [0.1, 0.15) is 0 Å². The summed E-state index contributed by atoms with van der Waals surface area (Å²) in [5.74, 6) is 0.285. The molecule has 0 atom stereocenters. The summed E-state index contributed by atoms with van der Waals surface area (Å²) in [6.45, 7) is 0. The van der Waals surface area contributed by atoms with Crippen molar-refractivity contribution in [3.05, 3.63) is 56.1 Å². The van der Waals surface area contributed by atoms with Gasteiger partial charge in [-0.05, 0) is 59.0 Å². The molecule has 0 fully saturated rings. The first kappa shape index (κ1) is 15.7. The quantitative estimate of drug-likeness (QED) is 0.431. The second-order valence-electron chi connectivity index (χ2n) is 4.19. The van der Waals surface area contributed by atoms with Gasteiger partial charge in [0.05, 0.1) is 4.92 Å². The first-order chi connectivity index (χ1) is 9.79. The van der Waals surface area contributed by atoms with Gasteiger partial charge < -0.3 is 4.74 Å². The Balaban J connectivity index is 2.54. The van der Waals surface area contributed by atoms with Gasteiger partial charge in [-0.1, -0.05) is 6.07 Å². The Kier molecular flexibility index (Phi) is 4.47. The van der Waals surface area contributed by atoms with Crippen LogP contribution in [0.15, 0.2) is 47.4 Å². The lowest BCUT2D eigenvalue weighted by Gasteiger charge is -2.08. The zero-order valence-electron chi connectivity index (χ0n) is 10.8. The van der Waals surface area contributed by atoms with E-state index in [1.54, 1.807) is 24.3 Å². The summed E-state index contributed by atoms with van der Waals surface area (Å²) in [7, 11) is -3.72. The topological polar surface area (TPSA) is 86.5 Å². The Morgan fingerprint density at radius 3 is 2.29 bits per heavy atom. The lowest BCUT2D eigenvalue weighted by Crippen LogP contribution is -2.04. The fourth-order valence-corrected chi connectivity index (χ4v) is 2.91. The summed E-state index contributed by atoms with van der Waals surface area (Å²) in [6.07, 6.45) is 0.921. The Hall–Kier alpha value is -1.68. The van der Waals surface area contributed by atoms with E-state index < -0.39 is 20.4 Å². The maximum atomic E-state index is 11.6. The van der Waals surface area contributed by atoms with Crippen LogP contribution in [-0.4, -0.2) is 19.6 Å². The van der Waals surface area contributed by atoms with E-state index in [9.17, 15) is 18.5 Å². The van der Waals surface area contributed by atoms with E-state index in [2.05, 4.69) is 22.6 Å². The minimum atomic E-state index is -3.72. The van der Waals surface area contributed by atoms with Crippen molar-refractivity contribution in [2.45, 2.75) is 4.90 Å². The van der Waals surface area contributed by atoms with Crippen LogP contribution in [0.3, 0.4) is 0 Å². The second-order valence-corrected chi connectivity index (χ2v) is 7.42. The highest BCUT2D eigenvalue weighted by molar-refractivity contribution is 14.1. The number of nitro groups is 1. The molecule has 0 spiro atoms. The predicted octanol–water partition coefficient (Wildman–Crippen LogP) is 3.40. The minimum Gasteiger partial charge on any atom is -0.450 e. The van der Waals surface area contributed by atoms with Crippen LogP contribution in [0.4, 0.5) is 5.69 Å². The number of benzene rings is 2. The molecule has 21 heavy (non-hydrogen) atoms. The molecule has 0 aliphatic carbocycles. The number of ether oxygens (including phenoxy) is 1. The maximum absolute atomic E-state index is 11.6. The van der Waals surface area contributed by atoms with Gasteiger partial charge in [0.15, 0.2) is 9.84 Å². The number of hydrogen-bond acceptors (Lipinski definition) is 5. The van der Waals surface area contributed by atoms with Gasteiger partial charge in [0.25, 0.3) is 0 Å². The van der Waals surface area contributed by atoms with Crippen molar-refractivity contribution in [3.8, 4) is 11.5 Å². The van der Waals surface area contributed by atoms with E-state index in [1.165, 1.54) is 18.2 Å². The molecule has 0 N–H and O–H groups in total. The molecule has 0 heterocycles. The van der Waals surface area contributed by atoms with Crippen LogP contribution in [0.5, 0.6) is 11.5 Å². The highest BCUT2D eigenvalue weighted by Crippen LogP contribution is 2.36. The monoisotopic (exact) mass is 419 g/mol. The molecule has 2 aromatic rings. The predicted molar refractivity (Wildman–Crippen MR) is 85.4 cm³/mol. The molecule has 8 heteroatoms. The molecular weight excluding hydrogens is 409 g/mol. The largest absolute Gasteiger partial charge is 0.450 e. The number of nitrogens with zero attached hydrogens (tertiary/aromatic N) is 1. The summed E-state index contributed by atoms with van der Waals surface area (Å²) in [4.78, 5) is 10.1. The molecule has 0 unspecified atom stereocenters. The van der Waals surface area contributed by atoms with Crippen molar-refractivity contribution in [1.29, 1.82) is 0 Å². The number of para-hydroxylation sites is 1. The second kappa shape index (κ2) is 5.98. The van der Waals surface area contributed by atoms with Crippen molar-refractivity contribution in [2.75, 3.05) is 6.26 Å². The van der Waals surface area contributed by atoms with Crippen molar-refractivity contribution < 1.29 is 18.1 Å². The molecular formula is C13H10INO5S. The fourth-order valence-electron chi connectivity index (χ4n) is 1.69. The molecule has 110 valence electrons. The summed E-state index contributed by atoms with van der Waals surface area (Å²) >= 11 is 2.12. The van der Waals surface area contributed by atoms with Gasteiger partial charge in [0.1, 0.15) is 10.6 Å². The molecule has 0 aliphatic rings. The Morgan fingerprint density at radius 1 is 1.14 bits per heavy atom. The summed E-state index contributed by atoms with van der Waals surface area (Å²) < 4.78 is 29.7. The zero-order valence-corrected chi connectivity index (χ0v) is 13.8. The van der Waals surface area contributed by atoms with Gasteiger partial charge in [0.2, 0.25) is 5.75 Å². The number of halogens is 1. The number of sulfone groups is 1. The molecule has 2 aromatic carbocycles.